The number of ether oxygens (including phenoxy) is 1. The molecule has 0 spiro atoms. The van der Waals surface area contributed by atoms with Crippen LogP contribution in [0.4, 0.5) is 4.39 Å². The van der Waals surface area contributed by atoms with Gasteiger partial charge in [-0.2, -0.15) is 0 Å². The Morgan fingerprint density at radius 2 is 2.26 bits per heavy atom. The molecule has 2 N–H and O–H groups in total. The van der Waals surface area contributed by atoms with Gasteiger partial charge in [0.15, 0.2) is 0 Å². The van der Waals surface area contributed by atoms with Gasteiger partial charge in [0.05, 0.1) is 18.3 Å². The minimum atomic E-state index is -0.866. The van der Waals surface area contributed by atoms with E-state index in [2.05, 4.69) is 15.2 Å². The van der Waals surface area contributed by atoms with E-state index in [1.54, 1.807) is 30.5 Å². The van der Waals surface area contributed by atoms with Gasteiger partial charge in [-0.25, -0.2) is 4.39 Å². The Hall–Kier alpha value is -2.51. The summed E-state index contributed by atoms with van der Waals surface area (Å²) in [7, 11) is 0. The average molecular weight is 373 g/mol. The predicted octanol–water partition coefficient (Wildman–Crippen LogP) is 2.04. The average Bonchev–Trinajstić information content (AvgIpc) is 3.07. The van der Waals surface area contributed by atoms with Crippen molar-refractivity contribution in [2.45, 2.75) is 32.1 Å². The number of hydrogen-bond acceptors (Lipinski definition) is 5. The fourth-order valence-electron chi connectivity index (χ4n) is 3.18. The van der Waals surface area contributed by atoms with Gasteiger partial charge in [0.2, 0.25) is 5.91 Å². The molecule has 1 aromatic carbocycles. The van der Waals surface area contributed by atoms with Gasteiger partial charge in [-0.1, -0.05) is 18.2 Å². The zero-order chi connectivity index (χ0) is 19.2. The summed E-state index contributed by atoms with van der Waals surface area (Å²) in [4.78, 5) is 17.3. The third-order valence-corrected chi connectivity index (χ3v) is 4.53. The van der Waals surface area contributed by atoms with Crippen LogP contribution in [-0.2, 0) is 11.3 Å². The molecule has 2 unspecified atom stereocenters. The summed E-state index contributed by atoms with van der Waals surface area (Å²) >= 11 is 0. The maximum Gasteiger partial charge on any atom is 0.217 e. The lowest BCUT2D eigenvalue weighted by Gasteiger charge is -2.21. The van der Waals surface area contributed by atoms with Crippen LogP contribution in [0.3, 0.4) is 0 Å². The number of aliphatic hydroxyl groups is 1. The number of aliphatic hydroxyl groups excluding tert-OH is 1. The van der Waals surface area contributed by atoms with Crippen molar-refractivity contribution < 1.29 is 19.0 Å². The van der Waals surface area contributed by atoms with Crippen LogP contribution in [-0.4, -0.2) is 46.6 Å². The molecular weight excluding hydrogens is 349 g/mol. The van der Waals surface area contributed by atoms with Gasteiger partial charge in [-0.3, -0.25) is 14.7 Å². The molecule has 2 aromatic rings. The molecule has 1 aliphatic heterocycles. The van der Waals surface area contributed by atoms with Crippen molar-refractivity contribution in [3.63, 3.8) is 0 Å². The quantitative estimate of drug-likeness (QED) is 0.777. The standard InChI is InChI=1S/C20H24FN3O3/c1-14(25)23-11-15-10-16(6-8-22-15)27-17-7-9-24(12-17)13-20(26)18-4-2-3-5-19(18)21/h2-6,8,10,17,20,26H,7,9,11-13H2,1H3,(H,23,25). The van der Waals surface area contributed by atoms with Crippen molar-refractivity contribution in [3.05, 3.63) is 59.7 Å². The Morgan fingerprint density at radius 1 is 1.44 bits per heavy atom. The molecule has 1 saturated heterocycles. The topological polar surface area (TPSA) is 74.7 Å². The third kappa shape index (κ3) is 5.48. The number of hydrogen-bond donors (Lipinski definition) is 2. The lowest BCUT2D eigenvalue weighted by molar-refractivity contribution is -0.119. The molecule has 2 atom stereocenters. The predicted molar refractivity (Wildman–Crippen MR) is 98.6 cm³/mol. The highest BCUT2D eigenvalue weighted by atomic mass is 19.1. The van der Waals surface area contributed by atoms with Crippen molar-refractivity contribution in [1.29, 1.82) is 0 Å². The number of carbonyl (C=O) groups excluding carboxylic acids is 1. The van der Waals surface area contributed by atoms with E-state index < -0.39 is 6.10 Å². The number of rotatable bonds is 7. The number of aromatic nitrogens is 1. The molecular formula is C20H24FN3O3. The first-order valence-electron chi connectivity index (χ1n) is 9.02. The summed E-state index contributed by atoms with van der Waals surface area (Å²) in [5.41, 5.74) is 1.05. The van der Waals surface area contributed by atoms with Crippen LogP contribution in [0.1, 0.15) is 30.7 Å². The minimum absolute atomic E-state index is 0.00571. The lowest BCUT2D eigenvalue weighted by Crippen LogP contribution is -2.29. The molecule has 27 heavy (non-hydrogen) atoms. The molecule has 144 valence electrons. The van der Waals surface area contributed by atoms with Crippen LogP contribution < -0.4 is 10.1 Å². The highest BCUT2D eigenvalue weighted by Crippen LogP contribution is 2.22. The van der Waals surface area contributed by atoms with Gasteiger partial charge in [-0.05, 0) is 18.6 Å². The number of carbonyl (C=O) groups is 1. The molecule has 7 heteroatoms. The highest BCUT2D eigenvalue weighted by molar-refractivity contribution is 5.72. The monoisotopic (exact) mass is 373 g/mol. The van der Waals surface area contributed by atoms with E-state index in [1.165, 1.54) is 13.0 Å². The number of pyridine rings is 1. The molecule has 1 aromatic heterocycles. The van der Waals surface area contributed by atoms with E-state index in [0.29, 0.717) is 30.9 Å². The van der Waals surface area contributed by atoms with Gasteiger partial charge < -0.3 is 15.2 Å². The van der Waals surface area contributed by atoms with Gasteiger partial charge in [0, 0.05) is 44.4 Å². The van der Waals surface area contributed by atoms with Crippen LogP contribution in [0.15, 0.2) is 42.6 Å². The molecule has 0 aliphatic carbocycles. The lowest BCUT2D eigenvalue weighted by atomic mass is 10.1. The second kappa shape index (κ2) is 8.92. The van der Waals surface area contributed by atoms with Crippen LogP contribution in [0.5, 0.6) is 5.75 Å². The summed E-state index contributed by atoms with van der Waals surface area (Å²) in [6.45, 7) is 3.63. The zero-order valence-electron chi connectivity index (χ0n) is 15.3. The summed E-state index contributed by atoms with van der Waals surface area (Å²) in [5.74, 6) is 0.204. The maximum atomic E-state index is 13.8. The SMILES string of the molecule is CC(=O)NCc1cc(OC2CCN(CC(O)c3ccccc3F)C2)ccn1. The molecule has 3 rings (SSSR count). The second-order valence-electron chi connectivity index (χ2n) is 6.72. The van der Waals surface area contributed by atoms with E-state index in [9.17, 15) is 14.3 Å². The molecule has 1 amide bonds. The number of benzene rings is 1. The van der Waals surface area contributed by atoms with Crippen molar-refractivity contribution in [2.24, 2.45) is 0 Å². The van der Waals surface area contributed by atoms with Crippen molar-refractivity contribution >= 4 is 5.91 Å². The fraction of sp³-hybridized carbons (Fsp3) is 0.400. The first-order chi connectivity index (χ1) is 13.0. The first kappa shape index (κ1) is 19.3. The maximum absolute atomic E-state index is 13.8. The molecule has 2 heterocycles. The Morgan fingerprint density at radius 3 is 3.04 bits per heavy atom. The van der Waals surface area contributed by atoms with Crippen molar-refractivity contribution in [3.8, 4) is 5.75 Å². The van der Waals surface area contributed by atoms with Crippen LogP contribution in [0.25, 0.3) is 0 Å². The van der Waals surface area contributed by atoms with Crippen LogP contribution >= 0.6 is 0 Å². The zero-order valence-corrected chi connectivity index (χ0v) is 15.3. The molecule has 0 saturated carbocycles. The smallest absolute Gasteiger partial charge is 0.217 e. The Balaban J connectivity index is 1.52. The molecule has 1 fully saturated rings. The van der Waals surface area contributed by atoms with E-state index in [0.717, 1.165) is 18.7 Å². The minimum Gasteiger partial charge on any atom is -0.489 e. The second-order valence-corrected chi connectivity index (χ2v) is 6.72. The van der Waals surface area contributed by atoms with Crippen LogP contribution in [0.2, 0.25) is 0 Å². The summed E-state index contributed by atoms with van der Waals surface area (Å²) in [6.07, 6.45) is 1.61. The van der Waals surface area contributed by atoms with E-state index in [4.69, 9.17) is 4.74 Å². The fourth-order valence-corrected chi connectivity index (χ4v) is 3.18. The number of halogens is 1. The summed E-state index contributed by atoms with van der Waals surface area (Å²) in [6, 6.07) is 9.90. The number of nitrogens with one attached hydrogen (secondary N) is 1. The van der Waals surface area contributed by atoms with Crippen molar-refractivity contribution in [2.75, 3.05) is 19.6 Å². The summed E-state index contributed by atoms with van der Waals surface area (Å²) in [5, 5.41) is 13.0. The largest absolute Gasteiger partial charge is 0.489 e. The van der Waals surface area contributed by atoms with Gasteiger partial charge in [-0.15, -0.1) is 0 Å². The van der Waals surface area contributed by atoms with E-state index in [1.807, 2.05) is 6.07 Å². The van der Waals surface area contributed by atoms with Crippen LogP contribution in [0, 0.1) is 5.82 Å². The van der Waals surface area contributed by atoms with E-state index in [-0.39, 0.29) is 17.8 Å². The number of likely N-dealkylation sites (tertiary alicyclic amines) is 1. The van der Waals surface area contributed by atoms with Gasteiger partial charge in [0.25, 0.3) is 0 Å². The van der Waals surface area contributed by atoms with Gasteiger partial charge >= 0.3 is 0 Å². The normalized spacial score (nSPS) is 18.3. The number of nitrogens with zero attached hydrogens (tertiary/aromatic N) is 2. The molecule has 0 radical (unpaired) electrons. The molecule has 0 bridgehead atoms. The number of amides is 1. The summed E-state index contributed by atoms with van der Waals surface area (Å²) < 4.78 is 19.8. The molecule has 6 nitrogen and oxygen atoms in total. The number of β-amino-alcohol motifs (C(OH)–C–C–N with tert-alkyl or cyclic N) is 1. The Kier molecular flexibility index (Phi) is 6.36. The van der Waals surface area contributed by atoms with E-state index >= 15 is 0 Å². The van der Waals surface area contributed by atoms with Crippen molar-refractivity contribution in [1.82, 2.24) is 15.2 Å². The van der Waals surface area contributed by atoms with Gasteiger partial charge in [0.1, 0.15) is 17.7 Å². The Labute approximate surface area is 158 Å². The third-order valence-electron chi connectivity index (χ3n) is 4.53. The Bertz CT molecular complexity index is 787. The highest BCUT2D eigenvalue weighted by Gasteiger charge is 2.26. The molecule has 1 aliphatic rings. The first-order valence-corrected chi connectivity index (χ1v) is 9.02.